The molecule has 0 fully saturated rings. The molecular formula is C15H16N2O3. The molecule has 0 atom stereocenters. The number of rotatable bonds is 6. The largest absolute Gasteiger partial charge is 0.481 e. The predicted molar refractivity (Wildman–Crippen MR) is 75.6 cm³/mol. The van der Waals surface area contributed by atoms with Crippen molar-refractivity contribution in [3.05, 3.63) is 42.1 Å². The first-order chi connectivity index (χ1) is 9.68. The van der Waals surface area contributed by atoms with Crippen molar-refractivity contribution in [2.75, 3.05) is 6.54 Å². The number of benzene rings is 1. The van der Waals surface area contributed by atoms with Gasteiger partial charge in [-0.2, -0.15) is 0 Å². The summed E-state index contributed by atoms with van der Waals surface area (Å²) in [5, 5.41) is 12.1. The smallest absolute Gasteiger partial charge is 0.303 e. The molecule has 5 heteroatoms. The maximum Gasteiger partial charge on any atom is 0.303 e. The SMILES string of the molecule is O=C(O)CCCCNC(=O)c1cccc2ncccc12. The molecule has 104 valence electrons. The average molecular weight is 272 g/mol. The third-order valence-corrected chi connectivity index (χ3v) is 2.99. The van der Waals surface area contributed by atoms with Gasteiger partial charge in [-0.15, -0.1) is 0 Å². The number of pyridine rings is 1. The number of hydrogen-bond acceptors (Lipinski definition) is 3. The van der Waals surface area contributed by atoms with Gasteiger partial charge in [0.1, 0.15) is 0 Å². The summed E-state index contributed by atoms with van der Waals surface area (Å²) in [6.07, 6.45) is 3.04. The molecule has 1 aromatic carbocycles. The summed E-state index contributed by atoms with van der Waals surface area (Å²) in [4.78, 5) is 26.7. The van der Waals surface area contributed by atoms with Crippen LogP contribution in [0.3, 0.4) is 0 Å². The first-order valence-electron chi connectivity index (χ1n) is 6.52. The highest BCUT2D eigenvalue weighted by molar-refractivity contribution is 6.06. The van der Waals surface area contributed by atoms with E-state index in [2.05, 4.69) is 10.3 Å². The Kier molecular flexibility index (Phi) is 4.65. The normalized spacial score (nSPS) is 10.4. The minimum Gasteiger partial charge on any atom is -0.481 e. The predicted octanol–water partition coefficient (Wildman–Crippen LogP) is 2.22. The maximum absolute atomic E-state index is 12.1. The zero-order chi connectivity index (χ0) is 14.4. The summed E-state index contributed by atoms with van der Waals surface area (Å²) < 4.78 is 0. The molecule has 1 aromatic heterocycles. The molecule has 0 aliphatic rings. The summed E-state index contributed by atoms with van der Waals surface area (Å²) in [5.74, 6) is -0.963. The van der Waals surface area contributed by atoms with Crippen LogP contribution in [0.2, 0.25) is 0 Å². The standard InChI is InChI=1S/C15H16N2O3/c18-14(19)8-1-2-9-17-15(20)12-5-3-7-13-11(12)6-4-10-16-13/h3-7,10H,1-2,8-9H2,(H,17,20)(H,18,19). The van der Waals surface area contributed by atoms with Crippen LogP contribution >= 0.6 is 0 Å². The van der Waals surface area contributed by atoms with E-state index in [4.69, 9.17) is 5.11 Å². The second-order valence-electron chi connectivity index (χ2n) is 4.48. The highest BCUT2D eigenvalue weighted by Gasteiger charge is 2.09. The molecule has 0 radical (unpaired) electrons. The van der Waals surface area contributed by atoms with Crippen LogP contribution in [0.1, 0.15) is 29.6 Å². The molecule has 2 rings (SSSR count). The first kappa shape index (κ1) is 14.0. The van der Waals surface area contributed by atoms with Crippen LogP contribution in [0.15, 0.2) is 36.5 Å². The monoisotopic (exact) mass is 272 g/mol. The first-order valence-corrected chi connectivity index (χ1v) is 6.52. The van der Waals surface area contributed by atoms with Crippen molar-refractivity contribution in [2.24, 2.45) is 0 Å². The molecule has 2 aromatic rings. The second kappa shape index (κ2) is 6.65. The molecule has 0 saturated heterocycles. The van der Waals surface area contributed by atoms with Gasteiger partial charge >= 0.3 is 5.97 Å². The highest BCUT2D eigenvalue weighted by Crippen LogP contribution is 2.16. The van der Waals surface area contributed by atoms with Crippen LogP contribution in [0.5, 0.6) is 0 Å². The van der Waals surface area contributed by atoms with Crippen molar-refractivity contribution in [1.82, 2.24) is 10.3 Å². The van der Waals surface area contributed by atoms with Crippen molar-refractivity contribution in [3.63, 3.8) is 0 Å². The summed E-state index contributed by atoms with van der Waals surface area (Å²) in [5.41, 5.74) is 1.37. The topological polar surface area (TPSA) is 79.3 Å². The number of aliphatic carboxylic acids is 1. The van der Waals surface area contributed by atoms with Crippen molar-refractivity contribution in [2.45, 2.75) is 19.3 Å². The molecule has 0 saturated carbocycles. The zero-order valence-corrected chi connectivity index (χ0v) is 11.0. The van der Waals surface area contributed by atoms with Gasteiger partial charge in [0.2, 0.25) is 0 Å². The Bertz CT molecular complexity index is 620. The number of carbonyl (C=O) groups is 2. The van der Waals surface area contributed by atoms with E-state index < -0.39 is 5.97 Å². The van der Waals surface area contributed by atoms with Gasteiger partial charge in [0.25, 0.3) is 5.91 Å². The molecule has 1 amide bonds. The van der Waals surface area contributed by atoms with Gasteiger partial charge in [-0.1, -0.05) is 12.1 Å². The molecular weight excluding hydrogens is 256 g/mol. The Morgan fingerprint density at radius 2 is 2.00 bits per heavy atom. The van der Waals surface area contributed by atoms with Gasteiger partial charge in [-0.3, -0.25) is 14.6 Å². The second-order valence-corrected chi connectivity index (χ2v) is 4.48. The fourth-order valence-corrected chi connectivity index (χ4v) is 2.00. The van der Waals surface area contributed by atoms with Gasteiger partial charge in [0.15, 0.2) is 0 Å². The van der Waals surface area contributed by atoms with E-state index in [0.29, 0.717) is 24.9 Å². The Hall–Kier alpha value is -2.43. The summed E-state index contributed by atoms with van der Waals surface area (Å²) in [6, 6.07) is 9.08. The van der Waals surface area contributed by atoms with Crippen molar-refractivity contribution in [1.29, 1.82) is 0 Å². The molecule has 2 N–H and O–H groups in total. The zero-order valence-electron chi connectivity index (χ0n) is 11.0. The third-order valence-electron chi connectivity index (χ3n) is 2.99. The maximum atomic E-state index is 12.1. The Balaban J connectivity index is 1.96. The Morgan fingerprint density at radius 3 is 2.80 bits per heavy atom. The average Bonchev–Trinajstić information content (AvgIpc) is 2.45. The number of aromatic nitrogens is 1. The van der Waals surface area contributed by atoms with Gasteiger partial charge < -0.3 is 10.4 Å². The number of amides is 1. The molecule has 5 nitrogen and oxygen atoms in total. The van der Waals surface area contributed by atoms with Crippen LogP contribution in [0.25, 0.3) is 10.9 Å². The number of carboxylic acid groups (broad SMARTS) is 1. The minimum atomic E-state index is -0.809. The lowest BCUT2D eigenvalue weighted by molar-refractivity contribution is -0.137. The van der Waals surface area contributed by atoms with E-state index in [-0.39, 0.29) is 12.3 Å². The number of carbonyl (C=O) groups excluding carboxylic acids is 1. The lowest BCUT2D eigenvalue weighted by Crippen LogP contribution is -2.24. The van der Waals surface area contributed by atoms with Gasteiger partial charge in [-0.05, 0) is 31.0 Å². The fraction of sp³-hybridized carbons (Fsp3) is 0.267. The molecule has 0 spiro atoms. The van der Waals surface area contributed by atoms with Gasteiger partial charge in [0.05, 0.1) is 5.52 Å². The molecule has 20 heavy (non-hydrogen) atoms. The molecule has 0 unspecified atom stereocenters. The van der Waals surface area contributed by atoms with Crippen LogP contribution in [0, 0.1) is 0 Å². The highest BCUT2D eigenvalue weighted by atomic mass is 16.4. The number of carboxylic acids is 1. The van der Waals surface area contributed by atoms with Crippen LogP contribution in [0.4, 0.5) is 0 Å². The molecule has 0 aliphatic heterocycles. The Morgan fingerprint density at radius 1 is 1.15 bits per heavy atom. The van der Waals surface area contributed by atoms with E-state index >= 15 is 0 Å². The number of fused-ring (bicyclic) bond motifs is 1. The van der Waals surface area contributed by atoms with E-state index in [1.165, 1.54) is 0 Å². The summed E-state index contributed by atoms with van der Waals surface area (Å²) in [6.45, 7) is 0.475. The number of nitrogens with zero attached hydrogens (tertiary/aromatic N) is 1. The minimum absolute atomic E-state index is 0.133. The number of nitrogens with one attached hydrogen (secondary N) is 1. The lowest BCUT2D eigenvalue weighted by Gasteiger charge is -2.07. The van der Waals surface area contributed by atoms with Crippen molar-refractivity contribution in [3.8, 4) is 0 Å². The molecule has 1 heterocycles. The van der Waals surface area contributed by atoms with Gasteiger partial charge in [0, 0.05) is 30.1 Å². The van der Waals surface area contributed by atoms with E-state index in [1.54, 1.807) is 24.4 Å². The Labute approximate surface area is 116 Å². The molecule has 0 aliphatic carbocycles. The summed E-state index contributed by atoms with van der Waals surface area (Å²) in [7, 11) is 0. The van der Waals surface area contributed by atoms with Crippen LogP contribution in [-0.4, -0.2) is 28.5 Å². The van der Waals surface area contributed by atoms with Crippen molar-refractivity contribution >= 4 is 22.8 Å². The molecule has 0 bridgehead atoms. The van der Waals surface area contributed by atoms with Crippen molar-refractivity contribution < 1.29 is 14.7 Å². The number of hydrogen-bond donors (Lipinski definition) is 2. The van der Waals surface area contributed by atoms with Crippen LogP contribution < -0.4 is 5.32 Å². The quantitative estimate of drug-likeness (QED) is 0.790. The van der Waals surface area contributed by atoms with Crippen LogP contribution in [-0.2, 0) is 4.79 Å². The third kappa shape index (κ3) is 3.54. The van der Waals surface area contributed by atoms with E-state index in [1.807, 2.05) is 12.1 Å². The van der Waals surface area contributed by atoms with E-state index in [9.17, 15) is 9.59 Å². The number of unbranched alkanes of at least 4 members (excludes halogenated alkanes) is 1. The fourth-order valence-electron chi connectivity index (χ4n) is 2.00. The van der Waals surface area contributed by atoms with E-state index in [0.717, 1.165) is 10.9 Å². The summed E-state index contributed by atoms with van der Waals surface area (Å²) >= 11 is 0. The van der Waals surface area contributed by atoms with Gasteiger partial charge in [-0.25, -0.2) is 0 Å². The lowest BCUT2D eigenvalue weighted by atomic mass is 10.1.